The number of pyridine rings is 1. The molecule has 1 aliphatic rings. The summed E-state index contributed by atoms with van der Waals surface area (Å²) in [5, 5.41) is 5.93. The van der Waals surface area contributed by atoms with E-state index in [0.717, 1.165) is 22.5 Å². The summed E-state index contributed by atoms with van der Waals surface area (Å²) in [6.07, 6.45) is 3.39. The van der Waals surface area contributed by atoms with Gasteiger partial charge in [0.05, 0.1) is 18.4 Å². The van der Waals surface area contributed by atoms with E-state index in [2.05, 4.69) is 23.9 Å². The fourth-order valence-corrected chi connectivity index (χ4v) is 4.51. The number of fused-ring (bicyclic) bond motifs is 1. The Morgan fingerprint density at radius 2 is 2.13 bits per heavy atom. The molecule has 3 aromatic rings. The SMILES string of the molecule is CCOc1ccccc1N=C1SCC(C)N1C(=O)c1cnc2c(cnn2C(C)C)c1. The number of amides is 1. The smallest absolute Gasteiger partial charge is 0.261 e. The zero-order valence-corrected chi connectivity index (χ0v) is 18.4. The van der Waals surface area contributed by atoms with Crippen LogP contribution in [-0.2, 0) is 0 Å². The van der Waals surface area contributed by atoms with Crippen LogP contribution in [0, 0.1) is 0 Å². The molecule has 4 rings (SSSR count). The minimum atomic E-state index is -0.105. The number of thioether (sulfide) groups is 1. The second-order valence-corrected chi connectivity index (χ2v) is 8.44. The van der Waals surface area contributed by atoms with E-state index in [1.54, 1.807) is 29.1 Å². The predicted molar refractivity (Wildman–Crippen MR) is 121 cm³/mol. The molecular formula is C22H25N5O2S. The molecule has 1 atom stereocenters. The molecule has 1 aromatic carbocycles. The number of amidine groups is 1. The van der Waals surface area contributed by atoms with Crippen LogP contribution in [-0.4, -0.2) is 49.1 Å². The molecule has 2 aromatic heterocycles. The van der Waals surface area contributed by atoms with Crippen molar-refractivity contribution in [3.63, 3.8) is 0 Å². The van der Waals surface area contributed by atoms with E-state index in [1.165, 1.54) is 0 Å². The maximum absolute atomic E-state index is 13.4. The van der Waals surface area contributed by atoms with Crippen LogP contribution >= 0.6 is 11.8 Å². The van der Waals surface area contributed by atoms with Crippen LogP contribution in [0.1, 0.15) is 44.1 Å². The molecule has 0 bridgehead atoms. The van der Waals surface area contributed by atoms with Gasteiger partial charge in [0, 0.05) is 29.4 Å². The lowest BCUT2D eigenvalue weighted by atomic mass is 10.2. The lowest BCUT2D eigenvalue weighted by molar-refractivity contribution is 0.0828. The third-order valence-corrected chi connectivity index (χ3v) is 6.07. The van der Waals surface area contributed by atoms with Crippen LogP contribution in [0.5, 0.6) is 5.75 Å². The first-order valence-corrected chi connectivity index (χ1v) is 11.1. The summed E-state index contributed by atoms with van der Waals surface area (Å²) in [6.45, 7) is 8.64. The van der Waals surface area contributed by atoms with Gasteiger partial charge in [-0.15, -0.1) is 0 Å². The zero-order valence-electron chi connectivity index (χ0n) is 17.6. The number of nitrogens with zero attached hydrogens (tertiary/aromatic N) is 5. The molecular weight excluding hydrogens is 398 g/mol. The molecule has 1 amide bonds. The normalized spacial score (nSPS) is 18.0. The highest BCUT2D eigenvalue weighted by Crippen LogP contribution is 2.33. The number of carbonyl (C=O) groups excluding carboxylic acids is 1. The first kappa shape index (κ1) is 20.4. The van der Waals surface area contributed by atoms with Crippen molar-refractivity contribution in [1.29, 1.82) is 0 Å². The molecule has 0 saturated carbocycles. The van der Waals surface area contributed by atoms with Gasteiger partial charge in [0.2, 0.25) is 0 Å². The molecule has 156 valence electrons. The average molecular weight is 424 g/mol. The zero-order chi connectivity index (χ0) is 21.3. The third kappa shape index (κ3) is 3.79. The van der Waals surface area contributed by atoms with E-state index in [9.17, 15) is 4.79 Å². The number of para-hydroxylation sites is 2. The lowest BCUT2D eigenvalue weighted by Gasteiger charge is -2.21. The van der Waals surface area contributed by atoms with Gasteiger partial charge in [-0.05, 0) is 45.9 Å². The van der Waals surface area contributed by atoms with E-state index >= 15 is 0 Å². The van der Waals surface area contributed by atoms with Crippen molar-refractivity contribution in [3.05, 3.63) is 48.3 Å². The summed E-state index contributed by atoms with van der Waals surface area (Å²) in [4.78, 5) is 24.4. The molecule has 3 heterocycles. The van der Waals surface area contributed by atoms with E-state index in [-0.39, 0.29) is 18.0 Å². The van der Waals surface area contributed by atoms with Crippen LogP contribution in [0.15, 0.2) is 47.7 Å². The molecule has 0 N–H and O–H groups in total. The second-order valence-electron chi connectivity index (χ2n) is 7.45. The lowest BCUT2D eigenvalue weighted by Crippen LogP contribution is -2.37. The van der Waals surface area contributed by atoms with Crippen molar-refractivity contribution < 1.29 is 9.53 Å². The Hall–Kier alpha value is -2.87. The monoisotopic (exact) mass is 423 g/mol. The third-order valence-electron chi connectivity index (χ3n) is 4.87. The Morgan fingerprint density at radius 1 is 1.33 bits per heavy atom. The van der Waals surface area contributed by atoms with Gasteiger partial charge in [0.15, 0.2) is 10.8 Å². The highest BCUT2D eigenvalue weighted by atomic mass is 32.2. The molecule has 1 aliphatic heterocycles. The largest absolute Gasteiger partial charge is 0.492 e. The Morgan fingerprint density at radius 3 is 2.90 bits per heavy atom. The predicted octanol–water partition coefficient (Wildman–Crippen LogP) is 4.68. The summed E-state index contributed by atoms with van der Waals surface area (Å²) in [7, 11) is 0. The van der Waals surface area contributed by atoms with Gasteiger partial charge in [-0.1, -0.05) is 23.9 Å². The van der Waals surface area contributed by atoms with Crippen molar-refractivity contribution in [2.75, 3.05) is 12.4 Å². The quantitative estimate of drug-likeness (QED) is 0.596. The van der Waals surface area contributed by atoms with Gasteiger partial charge in [-0.25, -0.2) is 14.7 Å². The van der Waals surface area contributed by atoms with Crippen LogP contribution in [0.4, 0.5) is 5.69 Å². The molecule has 0 radical (unpaired) electrons. The van der Waals surface area contributed by atoms with E-state index < -0.39 is 0 Å². The van der Waals surface area contributed by atoms with Gasteiger partial charge in [0.25, 0.3) is 5.91 Å². The number of hydrogen-bond acceptors (Lipinski definition) is 6. The molecule has 30 heavy (non-hydrogen) atoms. The first-order valence-electron chi connectivity index (χ1n) is 10.1. The Balaban J connectivity index is 1.68. The minimum Gasteiger partial charge on any atom is -0.492 e. The van der Waals surface area contributed by atoms with Crippen molar-refractivity contribution in [2.45, 2.75) is 39.8 Å². The Labute approximate surface area is 180 Å². The molecule has 0 spiro atoms. The highest BCUT2D eigenvalue weighted by Gasteiger charge is 2.33. The fourth-order valence-electron chi connectivity index (χ4n) is 3.41. The van der Waals surface area contributed by atoms with E-state index in [1.807, 2.05) is 48.9 Å². The number of ether oxygens (including phenoxy) is 1. The topological polar surface area (TPSA) is 72.6 Å². The highest BCUT2D eigenvalue weighted by molar-refractivity contribution is 8.14. The summed E-state index contributed by atoms with van der Waals surface area (Å²) in [5.41, 5.74) is 2.04. The average Bonchev–Trinajstić information content (AvgIpc) is 3.32. The van der Waals surface area contributed by atoms with Gasteiger partial charge in [-0.3, -0.25) is 9.69 Å². The number of hydrogen-bond donors (Lipinski definition) is 0. The van der Waals surface area contributed by atoms with Crippen molar-refractivity contribution >= 4 is 39.6 Å². The van der Waals surface area contributed by atoms with Crippen molar-refractivity contribution in [1.82, 2.24) is 19.7 Å². The van der Waals surface area contributed by atoms with Gasteiger partial charge < -0.3 is 4.74 Å². The molecule has 1 fully saturated rings. The van der Waals surface area contributed by atoms with Crippen molar-refractivity contribution in [2.24, 2.45) is 4.99 Å². The number of carbonyl (C=O) groups is 1. The maximum atomic E-state index is 13.4. The Kier molecular flexibility index (Phi) is 5.76. The summed E-state index contributed by atoms with van der Waals surface area (Å²) in [6, 6.07) is 9.73. The summed E-state index contributed by atoms with van der Waals surface area (Å²) >= 11 is 1.58. The number of benzene rings is 1. The minimum absolute atomic E-state index is 0.0367. The molecule has 1 unspecified atom stereocenters. The first-order chi connectivity index (χ1) is 14.5. The summed E-state index contributed by atoms with van der Waals surface area (Å²) < 4.78 is 7.54. The maximum Gasteiger partial charge on any atom is 0.261 e. The summed E-state index contributed by atoms with van der Waals surface area (Å²) in [5.74, 6) is 1.40. The van der Waals surface area contributed by atoms with Gasteiger partial charge in [0.1, 0.15) is 11.4 Å². The van der Waals surface area contributed by atoms with Crippen LogP contribution in [0.3, 0.4) is 0 Å². The van der Waals surface area contributed by atoms with Crippen LogP contribution in [0.25, 0.3) is 11.0 Å². The Bertz CT molecular complexity index is 1110. The van der Waals surface area contributed by atoms with Crippen molar-refractivity contribution in [3.8, 4) is 5.75 Å². The van der Waals surface area contributed by atoms with Gasteiger partial charge >= 0.3 is 0 Å². The number of aromatic nitrogens is 3. The second kappa shape index (κ2) is 8.47. The number of rotatable bonds is 5. The van der Waals surface area contributed by atoms with Crippen LogP contribution < -0.4 is 4.74 Å². The van der Waals surface area contributed by atoms with E-state index in [0.29, 0.717) is 23.1 Å². The molecule has 1 saturated heterocycles. The molecule has 7 nitrogen and oxygen atoms in total. The van der Waals surface area contributed by atoms with E-state index in [4.69, 9.17) is 9.73 Å². The van der Waals surface area contributed by atoms with Gasteiger partial charge in [-0.2, -0.15) is 5.10 Å². The van der Waals surface area contributed by atoms with Crippen LogP contribution in [0.2, 0.25) is 0 Å². The number of aliphatic imine (C=N–C) groups is 1. The molecule has 8 heteroatoms. The standard InChI is InChI=1S/C22H25N5O2S/c1-5-29-19-9-7-6-8-18(19)25-22-26(15(4)13-30-22)21(28)17-10-16-12-24-27(14(2)3)20(16)23-11-17/h6-12,14-15H,5,13H2,1-4H3. The fraction of sp³-hybridized carbons (Fsp3) is 0.364. The molecule has 0 aliphatic carbocycles.